The Bertz CT molecular complexity index is 352. The quantitative estimate of drug-likeness (QED) is 0.871. The smallest absolute Gasteiger partial charge is 0.160 e. The number of benzene rings is 1. The van der Waals surface area contributed by atoms with E-state index in [4.69, 9.17) is 9.47 Å². The minimum atomic E-state index is -0.180. The van der Waals surface area contributed by atoms with Crippen molar-refractivity contribution in [1.29, 1.82) is 0 Å². The van der Waals surface area contributed by atoms with E-state index in [1.807, 2.05) is 25.1 Å². The average Bonchev–Trinajstić information content (AvgIpc) is 2.65. The highest BCUT2D eigenvalue weighted by molar-refractivity contribution is 5.14. The zero-order chi connectivity index (χ0) is 13.0. The lowest BCUT2D eigenvalue weighted by molar-refractivity contribution is -0.143. The molecule has 1 N–H and O–H groups in total. The molecule has 0 aromatic heterocycles. The van der Waals surface area contributed by atoms with Crippen LogP contribution in [-0.2, 0) is 15.9 Å². The summed E-state index contributed by atoms with van der Waals surface area (Å²) in [6, 6.07) is 10.3. The van der Waals surface area contributed by atoms with Gasteiger partial charge >= 0.3 is 0 Å². The third kappa shape index (κ3) is 3.10. The third-order valence-electron chi connectivity index (χ3n) is 3.78. The second-order valence-corrected chi connectivity index (χ2v) is 5.02. The fraction of sp³-hybridized carbons (Fsp3) is 0.600. The monoisotopic (exact) mass is 250 g/mol. The van der Waals surface area contributed by atoms with Crippen LogP contribution >= 0.6 is 0 Å². The molecule has 4 atom stereocenters. The molecule has 0 amide bonds. The van der Waals surface area contributed by atoms with E-state index in [1.54, 1.807) is 0 Å². The molecule has 0 unspecified atom stereocenters. The number of hydrogen-bond donors (Lipinski definition) is 1. The first-order chi connectivity index (χ1) is 8.72. The van der Waals surface area contributed by atoms with Crippen molar-refractivity contribution in [3.63, 3.8) is 0 Å². The molecule has 0 saturated carbocycles. The van der Waals surface area contributed by atoms with E-state index < -0.39 is 0 Å². The number of rotatable bonds is 5. The van der Waals surface area contributed by atoms with Gasteiger partial charge in [-0.3, -0.25) is 0 Å². The van der Waals surface area contributed by atoms with Crippen LogP contribution in [0.3, 0.4) is 0 Å². The third-order valence-corrected chi connectivity index (χ3v) is 3.78. The first-order valence-electron chi connectivity index (χ1n) is 6.64. The molecular formula is C15H22O3. The van der Waals surface area contributed by atoms with Gasteiger partial charge in [0.05, 0.1) is 12.7 Å². The van der Waals surface area contributed by atoms with Gasteiger partial charge in [-0.1, -0.05) is 37.3 Å². The summed E-state index contributed by atoms with van der Waals surface area (Å²) in [5.74, 6) is 0.437. The zero-order valence-corrected chi connectivity index (χ0v) is 11.1. The Kier molecular flexibility index (Phi) is 4.75. The molecule has 1 aliphatic heterocycles. The Morgan fingerprint density at radius 3 is 2.56 bits per heavy atom. The Labute approximate surface area is 109 Å². The Balaban J connectivity index is 1.78. The van der Waals surface area contributed by atoms with Gasteiger partial charge in [-0.15, -0.1) is 0 Å². The summed E-state index contributed by atoms with van der Waals surface area (Å²) in [6.45, 7) is 4.90. The summed E-state index contributed by atoms with van der Waals surface area (Å²) in [5.41, 5.74) is 1.27. The highest BCUT2D eigenvalue weighted by Crippen LogP contribution is 2.32. The maximum atomic E-state index is 9.29. The van der Waals surface area contributed by atoms with Crippen LogP contribution in [0.5, 0.6) is 0 Å². The van der Waals surface area contributed by atoms with Crippen molar-refractivity contribution in [2.45, 2.75) is 32.7 Å². The molecule has 18 heavy (non-hydrogen) atoms. The fourth-order valence-electron chi connectivity index (χ4n) is 2.51. The van der Waals surface area contributed by atoms with Crippen LogP contribution < -0.4 is 0 Å². The first kappa shape index (κ1) is 13.5. The molecule has 0 bridgehead atoms. The first-order valence-corrected chi connectivity index (χ1v) is 6.64. The van der Waals surface area contributed by atoms with E-state index in [2.05, 4.69) is 19.1 Å². The van der Waals surface area contributed by atoms with Crippen LogP contribution in [0.25, 0.3) is 0 Å². The van der Waals surface area contributed by atoms with Gasteiger partial charge in [-0.05, 0) is 18.9 Å². The average molecular weight is 250 g/mol. The van der Waals surface area contributed by atoms with Crippen LogP contribution in [0.15, 0.2) is 30.3 Å². The summed E-state index contributed by atoms with van der Waals surface area (Å²) in [4.78, 5) is 0. The molecular weight excluding hydrogens is 228 g/mol. The Hall–Kier alpha value is -0.900. The summed E-state index contributed by atoms with van der Waals surface area (Å²) in [5, 5.41) is 9.29. The molecule has 1 aromatic carbocycles. The van der Waals surface area contributed by atoms with Crippen molar-refractivity contribution in [1.82, 2.24) is 0 Å². The van der Waals surface area contributed by atoms with E-state index in [-0.39, 0.29) is 30.8 Å². The van der Waals surface area contributed by atoms with Gasteiger partial charge in [0.25, 0.3) is 0 Å². The van der Waals surface area contributed by atoms with Crippen LogP contribution in [-0.4, -0.2) is 30.7 Å². The van der Waals surface area contributed by atoms with Crippen LogP contribution in [0.2, 0.25) is 0 Å². The van der Waals surface area contributed by atoms with E-state index in [1.165, 1.54) is 5.56 Å². The van der Waals surface area contributed by atoms with Crippen molar-refractivity contribution in [2.24, 2.45) is 11.8 Å². The standard InChI is InChI=1S/C15H22O3/c1-11-14(10-16)12(2)18-15(11)17-9-8-13-6-4-3-5-7-13/h3-7,11-12,14-16H,8-10H2,1-2H3/t11-,12+,14-,15-/m0/s1. The molecule has 0 spiro atoms. The minimum Gasteiger partial charge on any atom is -0.396 e. The second-order valence-electron chi connectivity index (χ2n) is 5.02. The summed E-state index contributed by atoms with van der Waals surface area (Å²) >= 11 is 0. The van der Waals surface area contributed by atoms with Crippen LogP contribution in [0.4, 0.5) is 0 Å². The molecule has 2 rings (SSSR count). The van der Waals surface area contributed by atoms with Gasteiger partial charge in [0.2, 0.25) is 0 Å². The van der Waals surface area contributed by atoms with E-state index in [0.717, 1.165) is 6.42 Å². The predicted molar refractivity (Wildman–Crippen MR) is 70.2 cm³/mol. The van der Waals surface area contributed by atoms with Gasteiger partial charge in [-0.2, -0.15) is 0 Å². The fourth-order valence-corrected chi connectivity index (χ4v) is 2.51. The van der Waals surface area contributed by atoms with Gasteiger partial charge in [0.1, 0.15) is 0 Å². The van der Waals surface area contributed by atoms with Gasteiger partial charge < -0.3 is 14.6 Å². The molecule has 1 aliphatic rings. The van der Waals surface area contributed by atoms with Gasteiger partial charge in [0, 0.05) is 18.4 Å². The number of ether oxygens (including phenoxy) is 2. The predicted octanol–water partition coefficient (Wildman–Crippen LogP) is 2.24. The van der Waals surface area contributed by atoms with Gasteiger partial charge in [0.15, 0.2) is 6.29 Å². The summed E-state index contributed by atoms with van der Waals surface area (Å²) in [7, 11) is 0. The molecule has 1 aromatic rings. The number of aliphatic hydroxyl groups excluding tert-OH is 1. The summed E-state index contributed by atoms with van der Waals surface area (Å²) < 4.78 is 11.5. The lowest BCUT2D eigenvalue weighted by atomic mass is 9.93. The van der Waals surface area contributed by atoms with Crippen LogP contribution in [0, 0.1) is 11.8 Å². The normalized spacial score (nSPS) is 31.7. The molecule has 0 radical (unpaired) electrons. The van der Waals surface area contributed by atoms with Crippen molar-refractivity contribution in [3.8, 4) is 0 Å². The largest absolute Gasteiger partial charge is 0.396 e. The van der Waals surface area contributed by atoms with Crippen molar-refractivity contribution in [3.05, 3.63) is 35.9 Å². The van der Waals surface area contributed by atoms with Crippen molar-refractivity contribution in [2.75, 3.05) is 13.2 Å². The highest BCUT2D eigenvalue weighted by atomic mass is 16.7. The maximum absolute atomic E-state index is 9.29. The Morgan fingerprint density at radius 1 is 1.22 bits per heavy atom. The summed E-state index contributed by atoms with van der Waals surface area (Å²) in [6.07, 6.45) is 0.790. The molecule has 3 heteroatoms. The van der Waals surface area contributed by atoms with E-state index in [9.17, 15) is 5.11 Å². The Morgan fingerprint density at radius 2 is 1.94 bits per heavy atom. The zero-order valence-electron chi connectivity index (χ0n) is 11.1. The molecule has 0 aliphatic carbocycles. The maximum Gasteiger partial charge on any atom is 0.160 e. The lowest BCUT2D eigenvalue weighted by Gasteiger charge is -2.17. The molecule has 100 valence electrons. The number of aliphatic hydroxyl groups is 1. The van der Waals surface area contributed by atoms with E-state index >= 15 is 0 Å². The second kappa shape index (κ2) is 6.32. The van der Waals surface area contributed by atoms with Crippen LogP contribution in [0.1, 0.15) is 19.4 Å². The lowest BCUT2D eigenvalue weighted by Crippen LogP contribution is -2.23. The molecule has 3 nitrogen and oxygen atoms in total. The topological polar surface area (TPSA) is 38.7 Å². The molecule has 1 heterocycles. The van der Waals surface area contributed by atoms with E-state index in [0.29, 0.717) is 6.61 Å². The molecule has 1 fully saturated rings. The van der Waals surface area contributed by atoms with Crippen molar-refractivity contribution >= 4 is 0 Å². The number of hydrogen-bond acceptors (Lipinski definition) is 3. The van der Waals surface area contributed by atoms with Crippen molar-refractivity contribution < 1.29 is 14.6 Å². The van der Waals surface area contributed by atoms with Gasteiger partial charge in [-0.25, -0.2) is 0 Å². The minimum absolute atomic E-state index is 0.0757. The molecule has 1 saturated heterocycles. The highest BCUT2D eigenvalue weighted by Gasteiger charge is 2.39. The SMILES string of the molecule is C[C@@H]1[C@@H](OCCc2ccccc2)O[C@H](C)[C@H]1CO.